The van der Waals surface area contributed by atoms with E-state index in [1.807, 2.05) is 12.1 Å². The maximum atomic E-state index is 9.77. The van der Waals surface area contributed by atoms with E-state index < -0.39 is 0 Å². The van der Waals surface area contributed by atoms with Gasteiger partial charge in [-0.05, 0) is 49.4 Å². The Kier molecular flexibility index (Phi) is 3.03. The third-order valence-corrected chi connectivity index (χ3v) is 3.42. The van der Waals surface area contributed by atoms with Crippen molar-refractivity contribution in [1.29, 1.82) is 0 Å². The Balaban J connectivity index is 2.08. The van der Waals surface area contributed by atoms with Crippen molar-refractivity contribution in [2.24, 2.45) is 0 Å². The average Bonchev–Trinajstić information content (AvgIpc) is 2.95. The zero-order chi connectivity index (χ0) is 10.9. The Morgan fingerprint density at radius 2 is 2.20 bits per heavy atom. The minimum absolute atomic E-state index is 0.382. The maximum absolute atomic E-state index is 9.77. The molecule has 3 heteroatoms. The third-order valence-electron chi connectivity index (χ3n) is 2.93. The summed E-state index contributed by atoms with van der Waals surface area (Å²) in [7, 11) is 1.68. The van der Waals surface area contributed by atoms with E-state index in [1.165, 1.54) is 0 Å². The van der Waals surface area contributed by atoms with Crippen LogP contribution in [0.2, 0.25) is 0 Å². The molecule has 1 aliphatic carbocycles. The van der Waals surface area contributed by atoms with Gasteiger partial charge in [-0.1, -0.05) is 15.9 Å². The number of hydrogen-bond donors (Lipinski definition) is 1. The first kappa shape index (κ1) is 11.0. The van der Waals surface area contributed by atoms with Crippen molar-refractivity contribution in [3.05, 3.63) is 28.2 Å². The number of halogens is 1. The summed E-state index contributed by atoms with van der Waals surface area (Å²) in [6.07, 6.45) is 3.60. The molecule has 2 nitrogen and oxygen atoms in total. The van der Waals surface area contributed by atoms with Gasteiger partial charge >= 0.3 is 0 Å². The molecule has 0 atom stereocenters. The second-order valence-corrected chi connectivity index (χ2v) is 5.10. The second kappa shape index (κ2) is 4.14. The highest BCUT2D eigenvalue weighted by molar-refractivity contribution is 9.10. The van der Waals surface area contributed by atoms with Crippen LogP contribution in [0, 0.1) is 0 Å². The van der Waals surface area contributed by atoms with Crippen LogP contribution in [0.5, 0.6) is 5.75 Å². The summed E-state index contributed by atoms with van der Waals surface area (Å²) in [4.78, 5) is 0. The molecule has 1 aromatic carbocycles. The van der Waals surface area contributed by atoms with E-state index in [0.717, 1.165) is 41.5 Å². The predicted octanol–water partition coefficient (Wildman–Crippen LogP) is 2.92. The van der Waals surface area contributed by atoms with Crippen LogP contribution in [0.1, 0.15) is 24.8 Å². The summed E-state index contributed by atoms with van der Waals surface area (Å²) in [5, 5.41) is 9.77. The lowest BCUT2D eigenvalue weighted by molar-refractivity contribution is 0.140. The Hall–Kier alpha value is -0.540. The predicted molar refractivity (Wildman–Crippen MR) is 63.2 cm³/mol. The molecule has 1 fully saturated rings. The van der Waals surface area contributed by atoms with Crippen molar-refractivity contribution >= 4 is 15.9 Å². The number of benzene rings is 1. The standard InChI is InChI=1S/C12H15BrO2/c1-15-11-3-2-10(13)8-9(11)4-5-12(14)6-7-12/h2-3,8,14H,4-7H2,1H3. The first-order valence-corrected chi connectivity index (χ1v) is 5.97. The number of rotatable bonds is 4. The minimum atomic E-state index is -0.382. The first-order valence-electron chi connectivity index (χ1n) is 5.18. The van der Waals surface area contributed by atoms with Crippen LogP contribution in [0.15, 0.2) is 22.7 Å². The van der Waals surface area contributed by atoms with Crippen LogP contribution in [0.4, 0.5) is 0 Å². The summed E-state index contributed by atoms with van der Waals surface area (Å²) in [6.45, 7) is 0. The highest BCUT2D eigenvalue weighted by Crippen LogP contribution is 2.40. The molecule has 0 aliphatic heterocycles. The molecule has 0 aromatic heterocycles. The van der Waals surface area contributed by atoms with Crippen molar-refractivity contribution in [3.63, 3.8) is 0 Å². The SMILES string of the molecule is COc1ccc(Br)cc1CCC1(O)CC1. The summed E-state index contributed by atoms with van der Waals surface area (Å²) in [6, 6.07) is 5.98. The molecule has 0 unspecified atom stereocenters. The molecule has 15 heavy (non-hydrogen) atoms. The zero-order valence-corrected chi connectivity index (χ0v) is 10.4. The fraction of sp³-hybridized carbons (Fsp3) is 0.500. The first-order chi connectivity index (χ1) is 7.13. The Morgan fingerprint density at radius 3 is 2.80 bits per heavy atom. The van der Waals surface area contributed by atoms with E-state index in [2.05, 4.69) is 22.0 Å². The number of hydrogen-bond acceptors (Lipinski definition) is 2. The monoisotopic (exact) mass is 270 g/mol. The molecular weight excluding hydrogens is 256 g/mol. The number of aliphatic hydroxyl groups is 1. The number of ether oxygens (including phenoxy) is 1. The summed E-state index contributed by atoms with van der Waals surface area (Å²) in [5.74, 6) is 0.905. The lowest BCUT2D eigenvalue weighted by Crippen LogP contribution is -2.08. The highest BCUT2D eigenvalue weighted by atomic mass is 79.9. The van der Waals surface area contributed by atoms with Gasteiger partial charge < -0.3 is 9.84 Å². The van der Waals surface area contributed by atoms with E-state index in [9.17, 15) is 5.11 Å². The summed E-state index contributed by atoms with van der Waals surface area (Å²) >= 11 is 3.44. The van der Waals surface area contributed by atoms with E-state index >= 15 is 0 Å². The molecule has 0 amide bonds. The van der Waals surface area contributed by atoms with Crippen LogP contribution in [0.3, 0.4) is 0 Å². The fourth-order valence-corrected chi connectivity index (χ4v) is 2.11. The van der Waals surface area contributed by atoms with Gasteiger partial charge in [-0.2, -0.15) is 0 Å². The molecular formula is C12H15BrO2. The Bertz CT molecular complexity index is 359. The van der Waals surface area contributed by atoms with Crippen LogP contribution < -0.4 is 4.74 Å². The van der Waals surface area contributed by atoms with Gasteiger partial charge in [-0.25, -0.2) is 0 Å². The van der Waals surface area contributed by atoms with Gasteiger partial charge in [0, 0.05) is 4.47 Å². The molecule has 0 saturated heterocycles. The molecule has 0 spiro atoms. The summed E-state index contributed by atoms with van der Waals surface area (Å²) < 4.78 is 6.34. The van der Waals surface area contributed by atoms with Crippen LogP contribution in [-0.2, 0) is 6.42 Å². The van der Waals surface area contributed by atoms with Crippen molar-refractivity contribution in [2.45, 2.75) is 31.3 Å². The Morgan fingerprint density at radius 1 is 1.47 bits per heavy atom. The lowest BCUT2D eigenvalue weighted by Gasteiger charge is -2.11. The van der Waals surface area contributed by atoms with Crippen molar-refractivity contribution in [1.82, 2.24) is 0 Å². The molecule has 1 aliphatic rings. The van der Waals surface area contributed by atoms with Gasteiger partial charge in [0.25, 0.3) is 0 Å². The van der Waals surface area contributed by atoms with Gasteiger partial charge in [0.15, 0.2) is 0 Å². The van der Waals surface area contributed by atoms with Crippen molar-refractivity contribution in [2.75, 3.05) is 7.11 Å². The third kappa shape index (κ3) is 2.73. The minimum Gasteiger partial charge on any atom is -0.496 e. The molecule has 1 saturated carbocycles. The van der Waals surface area contributed by atoms with Gasteiger partial charge in [-0.15, -0.1) is 0 Å². The zero-order valence-electron chi connectivity index (χ0n) is 8.79. The topological polar surface area (TPSA) is 29.5 Å². The molecule has 0 heterocycles. The van der Waals surface area contributed by atoms with Gasteiger partial charge in [-0.3, -0.25) is 0 Å². The quantitative estimate of drug-likeness (QED) is 0.912. The van der Waals surface area contributed by atoms with Gasteiger partial charge in [0.2, 0.25) is 0 Å². The van der Waals surface area contributed by atoms with Gasteiger partial charge in [0.05, 0.1) is 12.7 Å². The van der Waals surface area contributed by atoms with Crippen molar-refractivity contribution < 1.29 is 9.84 Å². The number of aryl methyl sites for hydroxylation is 1. The van der Waals surface area contributed by atoms with Crippen LogP contribution >= 0.6 is 15.9 Å². The molecule has 1 aromatic rings. The van der Waals surface area contributed by atoms with E-state index in [1.54, 1.807) is 7.11 Å². The fourth-order valence-electron chi connectivity index (χ4n) is 1.70. The van der Waals surface area contributed by atoms with Crippen molar-refractivity contribution in [3.8, 4) is 5.75 Å². The molecule has 0 radical (unpaired) electrons. The number of methoxy groups -OCH3 is 1. The van der Waals surface area contributed by atoms with Crippen LogP contribution in [-0.4, -0.2) is 17.8 Å². The normalized spacial score (nSPS) is 17.5. The largest absolute Gasteiger partial charge is 0.496 e. The van der Waals surface area contributed by atoms with E-state index in [-0.39, 0.29) is 5.60 Å². The molecule has 2 rings (SSSR count). The second-order valence-electron chi connectivity index (χ2n) is 4.18. The van der Waals surface area contributed by atoms with E-state index in [0.29, 0.717) is 0 Å². The summed E-state index contributed by atoms with van der Waals surface area (Å²) in [5.41, 5.74) is 0.778. The molecule has 82 valence electrons. The molecule has 1 N–H and O–H groups in total. The van der Waals surface area contributed by atoms with Gasteiger partial charge in [0.1, 0.15) is 5.75 Å². The van der Waals surface area contributed by atoms with Crippen LogP contribution in [0.25, 0.3) is 0 Å². The lowest BCUT2D eigenvalue weighted by atomic mass is 10.0. The smallest absolute Gasteiger partial charge is 0.122 e. The highest BCUT2D eigenvalue weighted by Gasteiger charge is 2.39. The van der Waals surface area contributed by atoms with E-state index in [4.69, 9.17) is 4.74 Å². The average molecular weight is 271 g/mol. The molecule has 0 bridgehead atoms. The Labute approximate surface area is 98.4 Å². The maximum Gasteiger partial charge on any atom is 0.122 e.